The fourth-order valence-electron chi connectivity index (χ4n) is 4.53. The minimum Gasteiger partial charge on any atom is -0.351 e. The summed E-state index contributed by atoms with van der Waals surface area (Å²) in [7, 11) is 1.71. The molecule has 0 bridgehead atoms. The number of benzene rings is 1. The molecule has 0 aromatic heterocycles. The summed E-state index contributed by atoms with van der Waals surface area (Å²) in [5.41, 5.74) is 2.57. The molecule has 0 saturated carbocycles. The van der Waals surface area contributed by atoms with Gasteiger partial charge in [-0.25, -0.2) is 0 Å². The lowest BCUT2D eigenvalue weighted by Crippen LogP contribution is -2.58. The fraction of sp³-hybridized carbons (Fsp3) is 0.625. The molecule has 0 radical (unpaired) electrons. The highest BCUT2D eigenvalue weighted by Gasteiger charge is 2.40. The van der Waals surface area contributed by atoms with Gasteiger partial charge < -0.3 is 20.9 Å². The number of hydrogen-bond acceptors (Lipinski definition) is 4. The van der Waals surface area contributed by atoms with E-state index in [0.717, 1.165) is 25.7 Å². The highest BCUT2D eigenvalue weighted by molar-refractivity contribution is 5.93. The lowest BCUT2D eigenvalue weighted by atomic mass is 9.97. The quantitative estimate of drug-likeness (QED) is 0.584. The maximum atomic E-state index is 13.4. The second kappa shape index (κ2) is 10.3. The van der Waals surface area contributed by atoms with Gasteiger partial charge in [0, 0.05) is 12.6 Å². The lowest BCUT2D eigenvalue weighted by Gasteiger charge is -2.32. The van der Waals surface area contributed by atoms with Crippen LogP contribution in [0.1, 0.15) is 51.2 Å². The standard InChI is InChI=1S/C24H36N4O3/c1-5-15(2)21(27-22(29)16(3)25-4)24(31)28-12-8-11-20(28)23(30)26-19-13-17-9-6-7-10-18(17)14-19/h6-7,9-10,15-16,19-21,25H,5,8,11-14H2,1-4H3,(H,26,30)(H,27,29)/t15-,16-,20-,21-/m0/s1. The monoisotopic (exact) mass is 428 g/mol. The minimum absolute atomic E-state index is 0.0193. The van der Waals surface area contributed by atoms with Crippen molar-refractivity contribution in [3.8, 4) is 0 Å². The maximum Gasteiger partial charge on any atom is 0.246 e. The Morgan fingerprint density at radius 3 is 2.35 bits per heavy atom. The van der Waals surface area contributed by atoms with Crippen molar-refractivity contribution < 1.29 is 14.4 Å². The summed E-state index contributed by atoms with van der Waals surface area (Å²) in [4.78, 5) is 40.7. The molecular formula is C24H36N4O3. The number of hydrogen-bond donors (Lipinski definition) is 3. The van der Waals surface area contributed by atoms with Gasteiger partial charge >= 0.3 is 0 Å². The molecule has 7 nitrogen and oxygen atoms in total. The summed E-state index contributed by atoms with van der Waals surface area (Å²) >= 11 is 0. The molecule has 1 aliphatic heterocycles. The lowest BCUT2D eigenvalue weighted by molar-refractivity contribution is -0.143. The van der Waals surface area contributed by atoms with Crippen molar-refractivity contribution >= 4 is 17.7 Å². The third kappa shape index (κ3) is 5.26. The number of rotatable bonds is 8. The maximum absolute atomic E-state index is 13.4. The predicted molar refractivity (Wildman–Crippen MR) is 120 cm³/mol. The Balaban J connectivity index is 1.66. The number of likely N-dealkylation sites (N-methyl/N-ethyl adjacent to an activating group) is 1. The normalized spacial score (nSPS) is 21.3. The second-order valence-electron chi connectivity index (χ2n) is 8.95. The molecule has 1 saturated heterocycles. The van der Waals surface area contributed by atoms with Crippen molar-refractivity contribution in [1.29, 1.82) is 0 Å². The largest absolute Gasteiger partial charge is 0.351 e. The van der Waals surface area contributed by atoms with Crippen molar-refractivity contribution in [2.45, 2.75) is 77.0 Å². The Morgan fingerprint density at radius 1 is 1.13 bits per heavy atom. The number of fused-ring (bicyclic) bond motifs is 1. The van der Waals surface area contributed by atoms with E-state index in [1.54, 1.807) is 18.9 Å². The Labute approximate surface area is 185 Å². The summed E-state index contributed by atoms with van der Waals surface area (Å²) in [5, 5.41) is 9.00. The first kappa shape index (κ1) is 23.3. The molecule has 1 aromatic carbocycles. The molecule has 3 N–H and O–H groups in total. The third-order valence-electron chi connectivity index (χ3n) is 6.84. The predicted octanol–water partition coefficient (Wildman–Crippen LogP) is 1.40. The molecule has 3 amide bonds. The number of nitrogens with one attached hydrogen (secondary N) is 3. The van der Waals surface area contributed by atoms with Crippen molar-refractivity contribution in [1.82, 2.24) is 20.9 Å². The van der Waals surface area contributed by atoms with Crippen molar-refractivity contribution in [3.63, 3.8) is 0 Å². The van der Waals surface area contributed by atoms with Crippen LogP contribution in [0.15, 0.2) is 24.3 Å². The van der Waals surface area contributed by atoms with Gasteiger partial charge in [0.25, 0.3) is 0 Å². The number of nitrogens with zero attached hydrogens (tertiary/aromatic N) is 1. The SMILES string of the molecule is CC[C@H](C)[C@H](NC(=O)[C@H](C)NC)C(=O)N1CCC[C@H]1C(=O)NC1Cc2ccccc2C1. The summed E-state index contributed by atoms with van der Waals surface area (Å²) in [5.74, 6) is -0.459. The number of carbonyl (C=O) groups is 3. The molecule has 1 aliphatic carbocycles. The van der Waals surface area contributed by atoms with Crippen LogP contribution in [0.25, 0.3) is 0 Å². The minimum atomic E-state index is -0.627. The Bertz CT molecular complexity index is 787. The first-order chi connectivity index (χ1) is 14.8. The molecule has 4 atom stereocenters. The number of amides is 3. The van der Waals surface area contributed by atoms with Gasteiger partial charge in [0.15, 0.2) is 0 Å². The fourth-order valence-corrected chi connectivity index (χ4v) is 4.53. The molecule has 1 heterocycles. The zero-order valence-corrected chi connectivity index (χ0v) is 19.1. The molecule has 170 valence electrons. The summed E-state index contributed by atoms with van der Waals surface area (Å²) in [6, 6.07) is 6.86. The van der Waals surface area contributed by atoms with Gasteiger partial charge in [-0.3, -0.25) is 14.4 Å². The van der Waals surface area contributed by atoms with Gasteiger partial charge in [0.2, 0.25) is 17.7 Å². The average Bonchev–Trinajstić information content (AvgIpc) is 3.42. The van der Waals surface area contributed by atoms with Gasteiger partial charge in [-0.15, -0.1) is 0 Å². The molecule has 1 aromatic rings. The van der Waals surface area contributed by atoms with E-state index in [4.69, 9.17) is 0 Å². The molecule has 3 rings (SSSR count). The molecule has 0 unspecified atom stereocenters. The molecular weight excluding hydrogens is 392 g/mol. The van der Waals surface area contributed by atoms with Crippen molar-refractivity contribution in [2.75, 3.05) is 13.6 Å². The van der Waals surface area contributed by atoms with Crippen LogP contribution in [0.5, 0.6) is 0 Å². The van der Waals surface area contributed by atoms with Crippen LogP contribution in [0.3, 0.4) is 0 Å². The Morgan fingerprint density at radius 2 is 1.77 bits per heavy atom. The number of likely N-dealkylation sites (tertiary alicyclic amines) is 1. The molecule has 1 fully saturated rings. The molecule has 31 heavy (non-hydrogen) atoms. The van der Waals surface area contributed by atoms with E-state index in [1.165, 1.54) is 11.1 Å². The topological polar surface area (TPSA) is 90.5 Å². The highest BCUT2D eigenvalue weighted by Crippen LogP contribution is 2.24. The summed E-state index contributed by atoms with van der Waals surface area (Å²) in [6.07, 6.45) is 3.87. The molecule has 7 heteroatoms. The van der Waals surface area contributed by atoms with Gasteiger partial charge in [-0.05, 0) is 56.7 Å². The van der Waals surface area contributed by atoms with Crippen molar-refractivity contribution in [3.05, 3.63) is 35.4 Å². The van der Waals surface area contributed by atoms with E-state index in [2.05, 4.69) is 28.1 Å². The molecule has 0 spiro atoms. The van der Waals surface area contributed by atoms with E-state index in [1.807, 2.05) is 26.0 Å². The van der Waals surface area contributed by atoms with Crippen LogP contribution in [0.2, 0.25) is 0 Å². The van der Waals surface area contributed by atoms with Crippen molar-refractivity contribution in [2.24, 2.45) is 5.92 Å². The molecule has 2 aliphatic rings. The summed E-state index contributed by atoms with van der Waals surface area (Å²) < 4.78 is 0. The summed E-state index contributed by atoms with van der Waals surface area (Å²) in [6.45, 7) is 6.28. The van der Waals surface area contributed by atoms with Gasteiger partial charge in [-0.1, -0.05) is 44.5 Å². The Kier molecular flexibility index (Phi) is 7.70. The zero-order valence-electron chi connectivity index (χ0n) is 19.1. The second-order valence-corrected chi connectivity index (χ2v) is 8.95. The highest BCUT2D eigenvalue weighted by atomic mass is 16.2. The average molecular weight is 429 g/mol. The van der Waals surface area contributed by atoms with Crippen LogP contribution in [-0.2, 0) is 27.2 Å². The first-order valence-corrected chi connectivity index (χ1v) is 11.5. The van der Waals surface area contributed by atoms with Gasteiger partial charge in [-0.2, -0.15) is 0 Å². The third-order valence-corrected chi connectivity index (χ3v) is 6.84. The number of carbonyl (C=O) groups excluding carboxylic acids is 3. The van der Waals surface area contributed by atoms with E-state index in [0.29, 0.717) is 13.0 Å². The first-order valence-electron chi connectivity index (χ1n) is 11.5. The van der Waals surface area contributed by atoms with Crippen LogP contribution < -0.4 is 16.0 Å². The smallest absolute Gasteiger partial charge is 0.246 e. The Hall–Kier alpha value is -2.41. The zero-order chi connectivity index (χ0) is 22.5. The van der Waals surface area contributed by atoms with E-state index < -0.39 is 12.1 Å². The van der Waals surface area contributed by atoms with Gasteiger partial charge in [0.05, 0.1) is 6.04 Å². The van der Waals surface area contributed by atoms with E-state index in [-0.39, 0.29) is 35.7 Å². The van der Waals surface area contributed by atoms with Crippen LogP contribution in [-0.4, -0.2) is 60.4 Å². The van der Waals surface area contributed by atoms with Crippen LogP contribution in [0, 0.1) is 5.92 Å². The van der Waals surface area contributed by atoms with Crippen LogP contribution >= 0.6 is 0 Å². The van der Waals surface area contributed by atoms with Gasteiger partial charge in [0.1, 0.15) is 12.1 Å². The van der Waals surface area contributed by atoms with E-state index in [9.17, 15) is 14.4 Å². The van der Waals surface area contributed by atoms with E-state index >= 15 is 0 Å². The van der Waals surface area contributed by atoms with Crippen LogP contribution in [0.4, 0.5) is 0 Å².